The van der Waals surface area contributed by atoms with Crippen LogP contribution >= 0.6 is 0 Å². The lowest BCUT2D eigenvalue weighted by molar-refractivity contribution is -0.137. The van der Waals surface area contributed by atoms with Gasteiger partial charge in [-0.05, 0) is 25.0 Å². The fourth-order valence-corrected chi connectivity index (χ4v) is 2.74. The zero-order valence-electron chi connectivity index (χ0n) is 13.5. The number of nitrogens with zero attached hydrogens (tertiary/aromatic N) is 1. The van der Waals surface area contributed by atoms with Crippen LogP contribution in [0.1, 0.15) is 12.8 Å². The molecule has 0 aromatic heterocycles. The minimum Gasteiger partial charge on any atom is -0.489 e. The number of rotatable bonds is 7. The Kier molecular flexibility index (Phi) is 5.30. The van der Waals surface area contributed by atoms with Crippen LogP contribution in [0, 0.1) is 5.82 Å². The maximum absolute atomic E-state index is 13.6. The number of halogens is 1. The molecule has 2 heterocycles. The summed E-state index contributed by atoms with van der Waals surface area (Å²) in [5.41, 5.74) is 0.252. The largest absolute Gasteiger partial charge is 0.489 e. The Morgan fingerprint density at radius 3 is 2.96 bits per heavy atom. The van der Waals surface area contributed by atoms with Crippen LogP contribution in [-0.2, 0) is 14.3 Å². The van der Waals surface area contributed by atoms with Crippen LogP contribution in [-0.4, -0.2) is 54.3 Å². The van der Waals surface area contributed by atoms with Crippen molar-refractivity contribution in [3.63, 3.8) is 0 Å². The van der Waals surface area contributed by atoms with Crippen molar-refractivity contribution in [1.82, 2.24) is 4.90 Å². The van der Waals surface area contributed by atoms with Gasteiger partial charge in [0.1, 0.15) is 23.9 Å². The fourth-order valence-electron chi connectivity index (χ4n) is 2.74. The molecule has 2 aliphatic heterocycles. The summed E-state index contributed by atoms with van der Waals surface area (Å²) < 4.78 is 24.8. The van der Waals surface area contributed by atoms with Crippen molar-refractivity contribution in [2.24, 2.45) is 0 Å². The van der Waals surface area contributed by atoms with Crippen LogP contribution in [0.15, 0.2) is 30.0 Å². The summed E-state index contributed by atoms with van der Waals surface area (Å²) in [5, 5.41) is 11.7. The van der Waals surface area contributed by atoms with Crippen molar-refractivity contribution in [1.29, 1.82) is 0 Å². The van der Waals surface area contributed by atoms with Crippen molar-refractivity contribution >= 4 is 17.5 Å². The van der Waals surface area contributed by atoms with Gasteiger partial charge in [-0.1, -0.05) is 0 Å². The molecule has 1 atom stereocenters. The van der Waals surface area contributed by atoms with Gasteiger partial charge in [0.05, 0.1) is 24.9 Å². The van der Waals surface area contributed by atoms with Gasteiger partial charge in [0.15, 0.2) is 0 Å². The molecule has 1 saturated heterocycles. The maximum atomic E-state index is 13.6. The molecule has 2 amide bonds. The molecule has 0 saturated carbocycles. The number of carbonyl (C=O) groups is 2. The number of hydrogen-bond acceptors (Lipinski definition) is 6. The van der Waals surface area contributed by atoms with Crippen LogP contribution in [0.2, 0.25) is 0 Å². The Labute approximate surface area is 144 Å². The van der Waals surface area contributed by atoms with E-state index in [1.165, 1.54) is 18.2 Å². The quantitative estimate of drug-likeness (QED) is 0.715. The van der Waals surface area contributed by atoms with Crippen LogP contribution in [0.25, 0.3) is 0 Å². The van der Waals surface area contributed by atoms with Gasteiger partial charge in [-0.2, -0.15) is 0 Å². The number of benzene rings is 1. The van der Waals surface area contributed by atoms with E-state index in [0.29, 0.717) is 19.0 Å². The summed E-state index contributed by atoms with van der Waals surface area (Å²) in [4.78, 5) is 24.9. The first-order valence-corrected chi connectivity index (χ1v) is 8.08. The fraction of sp³-hybridized carbons (Fsp3) is 0.412. The molecule has 1 unspecified atom stereocenters. The molecule has 0 aliphatic carbocycles. The van der Waals surface area contributed by atoms with Gasteiger partial charge in [0.25, 0.3) is 11.8 Å². The van der Waals surface area contributed by atoms with E-state index in [-0.39, 0.29) is 30.6 Å². The highest BCUT2D eigenvalue weighted by molar-refractivity contribution is 6.17. The Morgan fingerprint density at radius 2 is 2.24 bits per heavy atom. The van der Waals surface area contributed by atoms with E-state index in [1.54, 1.807) is 0 Å². The first kappa shape index (κ1) is 17.4. The highest BCUT2D eigenvalue weighted by atomic mass is 19.1. The van der Waals surface area contributed by atoms with Crippen LogP contribution < -0.4 is 10.1 Å². The number of imide groups is 1. The first-order valence-electron chi connectivity index (χ1n) is 8.08. The van der Waals surface area contributed by atoms with E-state index in [4.69, 9.17) is 14.6 Å². The van der Waals surface area contributed by atoms with E-state index in [1.807, 2.05) is 0 Å². The molecule has 1 fully saturated rings. The molecule has 1 aromatic rings. The summed E-state index contributed by atoms with van der Waals surface area (Å²) >= 11 is 0. The van der Waals surface area contributed by atoms with Gasteiger partial charge >= 0.3 is 0 Å². The number of ether oxygens (including phenoxy) is 2. The van der Waals surface area contributed by atoms with E-state index >= 15 is 0 Å². The van der Waals surface area contributed by atoms with Crippen molar-refractivity contribution in [2.75, 3.05) is 31.7 Å². The normalized spacial score (nSPS) is 20.2. The summed E-state index contributed by atoms with van der Waals surface area (Å²) in [7, 11) is 0. The summed E-state index contributed by atoms with van der Waals surface area (Å²) in [6.07, 6.45) is 2.99. The van der Waals surface area contributed by atoms with Crippen LogP contribution in [0.4, 0.5) is 10.1 Å². The predicted octanol–water partition coefficient (Wildman–Crippen LogP) is 1.04. The second-order valence-electron chi connectivity index (χ2n) is 5.79. The average molecular weight is 350 g/mol. The zero-order valence-corrected chi connectivity index (χ0v) is 13.5. The third-order valence-corrected chi connectivity index (χ3v) is 3.99. The molecule has 134 valence electrons. The molecule has 0 radical (unpaired) electrons. The number of anilines is 1. The molecule has 7 nitrogen and oxygen atoms in total. The topological polar surface area (TPSA) is 88.1 Å². The van der Waals surface area contributed by atoms with Crippen molar-refractivity contribution < 1.29 is 28.6 Å². The standard InChI is InChI=1S/C17H19FN2O5/c18-11-3-4-15(25-10-12-2-1-7-24-12)13(8-11)19-14-9-16(22)20(5-6-21)17(14)23/h3-4,8-9,12,19,21H,1-2,5-7,10H2. The first-order chi connectivity index (χ1) is 12.1. The molecular weight excluding hydrogens is 331 g/mol. The minimum atomic E-state index is -0.576. The number of aliphatic hydroxyl groups excluding tert-OH is 1. The van der Waals surface area contributed by atoms with Crippen molar-refractivity contribution in [2.45, 2.75) is 18.9 Å². The van der Waals surface area contributed by atoms with Gasteiger partial charge in [0, 0.05) is 18.7 Å². The molecular formula is C17H19FN2O5. The number of β-amino-alcohol motifs (C(OH)–C–C–N with tert-alkyl or cyclic N) is 1. The monoisotopic (exact) mass is 350 g/mol. The lowest BCUT2D eigenvalue weighted by Gasteiger charge is -2.17. The van der Waals surface area contributed by atoms with Crippen LogP contribution in [0.5, 0.6) is 5.75 Å². The Balaban J connectivity index is 1.73. The number of carbonyl (C=O) groups excluding carboxylic acids is 2. The van der Waals surface area contributed by atoms with Gasteiger partial charge in [-0.25, -0.2) is 4.39 Å². The number of nitrogens with one attached hydrogen (secondary N) is 1. The minimum absolute atomic E-state index is 0.00557. The Morgan fingerprint density at radius 1 is 1.40 bits per heavy atom. The molecule has 3 rings (SSSR count). The predicted molar refractivity (Wildman–Crippen MR) is 86.4 cm³/mol. The maximum Gasteiger partial charge on any atom is 0.277 e. The number of hydrogen-bond donors (Lipinski definition) is 2. The molecule has 0 spiro atoms. The Bertz CT molecular complexity index is 700. The lowest BCUT2D eigenvalue weighted by Crippen LogP contribution is -2.34. The average Bonchev–Trinajstić information content (AvgIpc) is 3.19. The SMILES string of the molecule is O=C1C=C(Nc2cc(F)ccc2OCC2CCCO2)C(=O)N1CCO. The van der Waals surface area contributed by atoms with Gasteiger partial charge in [-0.3, -0.25) is 14.5 Å². The highest BCUT2D eigenvalue weighted by Crippen LogP contribution is 2.29. The van der Waals surface area contributed by atoms with Crippen molar-refractivity contribution in [3.05, 3.63) is 35.8 Å². The third kappa shape index (κ3) is 3.97. The van der Waals surface area contributed by atoms with Crippen LogP contribution in [0.3, 0.4) is 0 Å². The molecule has 8 heteroatoms. The number of amides is 2. The summed E-state index contributed by atoms with van der Waals surface area (Å²) in [5.74, 6) is -1.25. The van der Waals surface area contributed by atoms with E-state index < -0.39 is 17.6 Å². The molecule has 2 aliphatic rings. The van der Waals surface area contributed by atoms with Crippen molar-refractivity contribution in [3.8, 4) is 5.75 Å². The van der Waals surface area contributed by atoms with Gasteiger partial charge in [-0.15, -0.1) is 0 Å². The molecule has 2 N–H and O–H groups in total. The van der Waals surface area contributed by atoms with E-state index in [0.717, 1.165) is 23.8 Å². The smallest absolute Gasteiger partial charge is 0.277 e. The second-order valence-corrected chi connectivity index (χ2v) is 5.79. The molecule has 1 aromatic carbocycles. The summed E-state index contributed by atoms with van der Waals surface area (Å²) in [6, 6.07) is 3.90. The highest BCUT2D eigenvalue weighted by Gasteiger charge is 2.31. The third-order valence-electron chi connectivity index (χ3n) is 3.99. The lowest BCUT2D eigenvalue weighted by atomic mass is 10.2. The summed E-state index contributed by atoms with van der Waals surface area (Å²) in [6.45, 7) is 0.606. The Hall–Kier alpha value is -2.45. The van der Waals surface area contributed by atoms with E-state index in [9.17, 15) is 14.0 Å². The van der Waals surface area contributed by atoms with Gasteiger partial charge in [0.2, 0.25) is 0 Å². The van der Waals surface area contributed by atoms with E-state index in [2.05, 4.69) is 5.32 Å². The molecule has 0 bridgehead atoms. The second kappa shape index (κ2) is 7.62. The zero-order chi connectivity index (χ0) is 17.8. The van der Waals surface area contributed by atoms with Gasteiger partial charge < -0.3 is 19.9 Å². The molecule has 25 heavy (non-hydrogen) atoms. The number of aliphatic hydroxyl groups is 1.